The smallest absolute Gasteiger partial charge is 0.310 e. The molecule has 2 unspecified atom stereocenters. The maximum absolute atomic E-state index is 12.2. The summed E-state index contributed by atoms with van der Waals surface area (Å²) in [5, 5.41) is 3.59. The molecule has 7 heteroatoms. The number of aliphatic imine (C=N–C) groups is 1. The Bertz CT molecular complexity index is 701. The molecule has 0 aliphatic carbocycles. The van der Waals surface area contributed by atoms with E-state index >= 15 is 0 Å². The summed E-state index contributed by atoms with van der Waals surface area (Å²) in [6.07, 6.45) is 4.34. The minimum absolute atomic E-state index is 0.0757. The Morgan fingerprint density at radius 1 is 1.20 bits per heavy atom. The summed E-state index contributed by atoms with van der Waals surface area (Å²) in [6.45, 7) is 6.87. The van der Waals surface area contributed by atoms with Gasteiger partial charge in [-0.15, -0.1) is 0 Å². The number of guanidine groups is 1. The van der Waals surface area contributed by atoms with Crippen molar-refractivity contribution in [1.29, 1.82) is 0 Å². The number of methoxy groups -OCH3 is 1. The van der Waals surface area contributed by atoms with Crippen LogP contribution in [-0.2, 0) is 9.53 Å². The summed E-state index contributed by atoms with van der Waals surface area (Å²) in [4.78, 5) is 21.5. The van der Waals surface area contributed by atoms with Gasteiger partial charge in [0.15, 0.2) is 5.96 Å². The molecule has 2 fully saturated rings. The van der Waals surface area contributed by atoms with Gasteiger partial charge in [-0.1, -0.05) is 12.1 Å². The molecular formula is C23H36N4O3. The molecule has 0 saturated carbocycles. The Kier molecular flexibility index (Phi) is 8.37. The van der Waals surface area contributed by atoms with Gasteiger partial charge in [0.05, 0.1) is 25.7 Å². The van der Waals surface area contributed by atoms with Gasteiger partial charge >= 0.3 is 5.97 Å². The third-order valence-corrected chi connectivity index (χ3v) is 6.09. The van der Waals surface area contributed by atoms with Gasteiger partial charge in [0.25, 0.3) is 0 Å². The molecule has 30 heavy (non-hydrogen) atoms. The molecule has 0 radical (unpaired) electrons. The largest absolute Gasteiger partial charge is 0.497 e. The molecular weight excluding hydrogens is 380 g/mol. The van der Waals surface area contributed by atoms with E-state index < -0.39 is 0 Å². The first-order valence-electron chi connectivity index (χ1n) is 11.2. The summed E-state index contributed by atoms with van der Waals surface area (Å²) in [5.74, 6) is 1.57. The highest BCUT2D eigenvalue weighted by Crippen LogP contribution is 2.26. The number of carbonyl (C=O) groups is 1. The second-order valence-electron chi connectivity index (χ2n) is 8.00. The number of ether oxygens (including phenoxy) is 2. The van der Waals surface area contributed by atoms with Gasteiger partial charge in [0.2, 0.25) is 0 Å². The van der Waals surface area contributed by atoms with E-state index in [0.29, 0.717) is 13.2 Å². The number of hydrogen-bond donors (Lipinski definition) is 1. The number of nitrogens with zero attached hydrogens (tertiary/aromatic N) is 3. The van der Waals surface area contributed by atoms with Crippen LogP contribution in [0.5, 0.6) is 5.75 Å². The predicted molar refractivity (Wildman–Crippen MR) is 119 cm³/mol. The first kappa shape index (κ1) is 22.4. The van der Waals surface area contributed by atoms with Crippen molar-refractivity contribution in [2.24, 2.45) is 10.9 Å². The minimum atomic E-state index is -0.0918. The number of carbonyl (C=O) groups excluding carboxylic acids is 1. The molecule has 0 aromatic heterocycles. The van der Waals surface area contributed by atoms with Crippen molar-refractivity contribution in [3.63, 3.8) is 0 Å². The number of likely N-dealkylation sites (tertiary alicyclic amines) is 2. The average Bonchev–Trinajstić information content (AvgIpc) is 3.32. The van der Waals surface area contributed by atoms with Crippen molar-refractivity contribution in [1.82, 2.24) is 15.1 Å². The molecule has 7 nitrogen and oxygen atoms in total. The van der Waals surface area contributed by atoms with Crippen LogP contribution in [0.2, 0.25) is 0 Å². The highest BCUT2D eigenvalue weighted by atomic mass is 16.5. The molecule has 0 bridgehead atoms. The number of hydrogen-bond acceptors (Lipinski definition) is 5. The Morgan fingerprint density at radius 2 is 1.93 bits per heavy atom. The lowest BCUT2D eigenvalue weighted by Crippen LogP contribution is -2.50. The van der Waals surface area contributed by atoms with Gasteiger partial charge in [-0.25, -0.2) is 0 Å². The summed E-state index contributed by atoms with van der Waals surface area (Å²) in [5.41, 5.74) is 1.28. The summed E-state index contributed by atoms with van der Waals surface area (Å²) in [6, 6.07) is 8.65. The molecule has 0 amide bonds. The van der Waals surface area contributed by atoms with Gasteiger partial charge < -0.3 is 19.7 Å². The fourth-order valence-electron chi connectivity index (χ4n) is 4.48. The molecule has 3 rings (SSSR count). The van der Waals surface area contributed by atoms with Gasteiger partial charge in [0, 0.05) is 26.7 Å². The molecule has 1 aromatic rings. The molecule has 2 aliphatic rings. The van der Waals surface area contributed by atoms with Crippen molar-refractivity contribution in [3.8, 4) is 5.75 Å². The van der Waals surface area contributed by atoms with Gasteiger partial charge in [-0.2, -0.15) is 0 Å². The zero-order valence-electron chi connectivity index (χ0n) is 18.6. The number of piperidine rings is 1. The Hall–Kier alpha value is -2.28. The second-order valence-corrected chi connectivity index (χ2v) is 8.00. The van der Waals surface area contributed by atoms with Crippen LogP contribution in [0.4, 0.5) is 0 Å². The SMILES string of the molecule is CCOC(=O)C1CCCN(C(=NC)NCC(c2ccc(OC)cc2)N2CCCC2)C1. The topological polar surface area (TPSA) is 66.4 Å². The van der Waals surface area contributed by atoms with E-state index in [2.05, 4.69) is 32.2 Å². The zero-order chi connectivity index (χ0) is 21.3. The van der Waals surface area contributed by atoms with Crippen LogP contribution in [0, 0.1) is 5.92 Å². The number of benzene rings is 1. The van der Waals surface area contributed by atoms with E-state index in [1.165, 1.54) is 18.4 Å². The fraction of sp³-hybridized carbons (Fsp3) is 0.652. The van der Waals surface area contributed by atoms with Gasteiger partial charge in [0.1, 0.15) is 5.75 Å². The van der Waals surface area contributed by atoms with Crippen LogP contribution in [0.3, 0.4) is 0 Å². The van der Waals surface area contributed by atoms with Crippen molar-refractivity contribution in [3.05, 3.63) is 29.8 Å². The van der Waals surface area contributed by atoms with Crippen LogP contribution in [-0.4, -0.2) is 75.2 Å². The highest BCUT2D eigenvalue weighted by Gasteiger charge is 2.29. The third kappa shape index (κ3) is 5.65. The maximum Gasteiger partial charge on any atom is 0.310 e. The normalized spacial score (nSPS) is 21.4. The zero-order valence-corrected chi connectivity index (χ0v) is 18.6. The Balaban J connectivity index is 1.66. The number of esters is 1. The summed E-state index contributed by atoms with van der Waals surface area (Å²) >= 11 is 0. The molecule has 166 valence electrons. The minimum Gasteiger partial charge on any atom is -0.497 e. The van der Waals surface area contributed by atoms with E-state index in [1.54, 1.807) is 7.11 Å². The van der Waals surface area contributed by atoms with Crippen molar-refractivity contribution < 1.29 is 14.3 Å². The van der Waals surface area contributed by atoms with Gasteiger partial charge in [-0.3, -0.25) is 14.7 Å². The lowest BCUT2D eigenvalue weighted by molar-refractivity contribution is -0.149. The van der Waals surface area contributed by atoms with E-state index in [9.17, 15) is 4.79 Å². The van der Waals surface area contributed by atoms with E-state index in [0.717, 1.165) is 50.7 Å². The predicted octanol–water partition coefficient (Wildman–Crippen LogP) is 2.68. The van der Waals surface area contributed by atoms with E-state index in [1.807, 2.05) is 26.1 Å². The Morgan fingerprint density at radius 3 is 2.57 bits per heavy atom. The van der Waals surface area contributed by atoms with Gasteiger partial charge in [-0.05, 0) is 63.4 Å². The molecule has 0 spiro atoms. The lowest BCUT2D eigenvalue weighted by atomic mass is 9.98. The standard InChI is InChI=1S/C23H36N4O3/c1-4-30-22(28)19-8-7-15-27(17-19)23(24-2)25-16-21(26-13-5-6-14-26)18-9-11-20(29-3)12-10-18/h9-12,19,21H,4-8,13-17H2,1-3H3,(H,24,25). The van der Waals surface area contributed by atoms with Crippen LogP contribution < -0.4 is 10.1 Å². The van der Waals surface area contributed by atoms with E-state index in [4.69, 9.17) is 9.47 Å². The molecule has 2 atom stereocenters. The highest BCUT2D eigenvalue weighted by molar-refractivity contribution is 5.81. The molecule has 1 N–H and O–H groups in total. The van der Waals surface area contributed by atoms with Crippen molar-refractivity contribution >= 4 is 11.9 Å². The van der Waals surface area contributed by atoms with Crippen LogP contribution in [0.1, 0.15) is 44.2 Å². The third-order valence-electron chi connectivity index (χ3n) is 6.09. The fourth-order valence-corrected chi connectivity index (χ4v) is 4.48. The Labute approximate surface area is 180 Å². The molecule has 1 aromatic carbocycles. The summed E-state index contributed by atoms with van der Waals surface area (Å²) < 4.78 is 10.6. The first-order chi connectivity index (χ1) is 14.7. The molecule has 2 aliphatic heterocycles. The second kappa shape index (κ2) is 11.2. The quantitative estimate of drug-likeness (QED) is 0.419. The molecule has 2 heterocycles. The van der Waals surface area contributed by atoms with Crippen LogP contribution >= 0.6 is 0 Å². The van der Waals surface area contributed by atoms with Crippen LogP contribution in [0.15, 0.2) is 29.3 Å². The van der Waals surface area contributed by atoms with E-state index in [-0.39, 0.29) is 17.9 Å². The monoisotopic (exact) mass is 416 g/mol. The van der Waals surface area contributed by atoms with Crippen molar-refractivity contribution in [2.75, 3.05) is 53.5 Å². The average molecular weight is 417 g/mol. The first-order valence-corrected chi connectivity index (χ1v) is 11.2. The summed E-state index contributed by atoms with van der Waals surface area (Å²) in [7, 11) is 3.51. The molecule has 2 saturated heterocycles. The van der Waals surface area contributed by atoms with Crippen LogP contribution in [0.25, 0.3) is 0 Å². The van der Waals surface area contributed by atoms with Crippen molar-refractivity contribution in [2.45, 2.75) is 38.6 Å². The lowest BCUT2D eigenvalue weighted by Gasteiger charge is -2.35. The number of rotatable bonds is 7. The number of nitrogens with one attached hydrogen (secondary N) is 1. The maximum atomic E-state index is 12.2.